The van der Waals surface area contributed by atoms with Crippen molar-refractivity contribution in [3.63, 3.8) is 0 Å². The third-order valence-electron chi connectivity index (χ3n) is 2.31. The smallest absolute Gasteiger partial charge is 0.152 e. The molecule has 1 atom stereocenters. The van der Waals surface area contributed by atoms with E-state index >= 15 is 0 Å². The number of carbonyl (C=O) groups excluding carboxylic acids is 1. The second kappa shape index (κ2) is 3.14. The first kappa shape index (κ1) is 8.75. The molecule has 1 heterocycles. The van der Waals surface area contributed by atoms with Gasteiger partial charge in [0.25, 0.3) is 0 Å². The Morgan fingerprint density at radius 3 is 3.08 bits per heavy atom. The Morgan fingerprint density at radius 2 is 2.38 bits per heavy atom. The van der Waals surface area contributed by atoms with Crippen LogP contribution in [-0.4, -0.2) is 11.8 Å². The second-order valence-electron chi connectivity index (χ2n) is 3.31. The van der Waals surface area contributed by atoms with E-state index in [-0.39, 0.29) is 11.8 Å². The number of rotatable bonds is 1. The summed E-state index contributed by atoms with van der Waals surface area (Å²) in [5.74, 6) is 0.201. The highest BCUT2D eigenvalue weighted by Gasteiger charge is 2.23. The molecule has 1 aromatic rings. The quantitative estimate of drug-likeness (QED) is 0.816. The molecule has 1 aromatic carbocycles. The summed E-state index contributed by atoms with van der Waals surface area (Å²) in [5.41, 5.74) is 2.30. The van der Waals surface area contributed by atoms with Gasteiger partial charge in [0.05, 0.1) is 6.04 Å². The van der Waals surface area contributed by atoms with Crippen LogP contribution in [-0.2, 0) is 11.2 Å². The molecule has 1 unspecified atom stereocenters. The summed E-state index contributed by atoms with van der Waals surface area (Å²) in [5, 5.41) is 3.19. The number of hydrogen-bond acceptors (Lipinski definition) is 2. The van der Waals surface area contributed by atoms with Crippen LogP contribution in [0.4, 0.5) is 5.69 Å². The van der Waals surface area contributed by atoms with E-state index in [0.29, 0.717) is 0 Å². The zero-order valence-corrected chi connectivity index (χ0v) is 8.89. The zero-order valence-electron chi connectivity index (χ0n) is 7.30. The lowest BCUT2D eigenvalue weighted by Crippen LogP contribution is -2.23. The summed E-state index contributed by atoms with van der Waals surface area (Å²) < 4.78 is 1.07. The second-order valence-corrected chi connectivity index (χ2v) is 4.23. The molecule has 1 aliphatic rings. The van der Waals surface area contributed by atoms with E-state index < -0.39 is 0 Å². The molecule has 0 fully saturated rings. The number of ketones is 1. The molecule has 1 N–H and O–H groups in total. The van der Waals surface area contributed by atoms with Crippen molar-refractivity contribution in [2.24, 2.45) is 0 Å². The predicted octanol–water partition coefficient (Wildman–Crippen LogP) is 2.37. The molecule has 0 amide bonds. The first-order chi connectivity index (χ1) is 6.16. The Labute approximate surface area is 85.5 Å². The van der Waals surface area contributed by atoms with Crippen molar-refractivity contribution < 1.29 is 4.79 Å². The van der Waals surface area contributed by atoms with Crippen molar-refractivity contribution in [2.75, 3.05) is 5.32 Å². The fourth-order valence-corrected chi connectivity index (χ4v) is 1.98. The first-order valence-electron chi connectivity index (χ1n) is 4.22. The van der Waals surface area contributed by atoms with Gasteiger partial charge in [0.2, 0.25) is 0 Å². The van der Waals surface area contributed by atoms with Crippen LogP contribution in [0.1, 0.15) is 12.5 Å². The molecule has 0 spiro atoms. The first-order valence-corrected chi connectivity index (χ1v) is 5.01. The minimum absolute atomic E-state index is 0.0238. The molecule has 0 saturated heterocycles. The topological polar surface area (TPSA) is 29.1 Å². The van der Waals surface area contributed by atoms with Gasteiger partial charge in [0.1, 0.15) is 0 Å². The van der Waals surface area contributed by atoms with Crippen molar-refractivity contribution in [2.45, 2.75) is 19.4 Å². The summed E-state index contributed by atoms with van der Waals surface area (Å²) >= 11 is 3.41. The maximum absolute atomic E-state index is 11.1. The van der Waals surface area contributed by atoms with E-state index in [4.69, 9.17) is 0 Å². The van der Waals surface area contributed by atoms with E-state index in [1.54, 1.807) is 6.92 Å². The van der Waals surface area contributed by atoms with Crippen LogP contribution in [0.5, 0.6) is 0 Å². The lowest BCUT2D eigenvalue weighted by Gasteiger charge is -2.04. The number of Topliss-reactive ketones (excluding diaryl/α,β-unsaturated/α-hetero) is 1. The molecule has 13 heavy (non-hydrogen) atoms. The van der Waals surface area contributed by atoms with Crippen LogP contribution in [0.3, 0.4) is 0 Å². The third kappa shape index (κ3) is 1.61. The molecule has 0 bridgehead atoms. The molecule has 1 aliphatic heterocycles. The summed E-state index contributed by atoms with van der Waals surface area (Å²) in [7, 11) is 0. The minimum Gasteiger partial charge on any atom is -0.375 e. The van der Waals surface area contributed by atoms with Gasteiger partial charge >= 0.3 is 0 Å². The van der Waals surface area contributed by atoms with Crippen molar-refractivity contribution in [1.29, 1.82) is 0 Å². The molecule has 3 heteroatoms. The lowest BCUT2D eigenvalue weighted by atomic mass is 10.1. The van der Waals surface area contributed by atoms with E-state index in [1.165, 1.54) is 5.56 Å². The molecule has 0 aromatic heterocycles. The van der Waals surface area contributed by atoms with Crippen molar-refractivity contribution in [1.82, 2.24) is 0 Å². The predicted molar refractivity (Wildman–Crippen MR) is 55.9 cm³/mol. The van der Waals surface area contributed by atoms with Crippen LogP contribution < -0.4 is 5.32 Å². The average molecular weight is 240 g/mol. The molecular weight excluding hydrogens is 230 g/mol. The standard InChI is InChI=1S/C10H10BrNO/c1-6(13)10-5-7-4-8(11)2-3-9(7)12-10/h2-4,10,12H,5H2,1H3. The van der Waals surface area contributed by atoms with Crippen molar-refractivity contribution in [3.05, 3.63) is 28.2 Å². The maximum Gasteiger partial charge on any atom is 0.152 e. The number of halogens is 1. The fourth-order valence-electron chi connectivity index (χ4n) is 1.58. The summed E-state index contributed by atoms with van der Waals surface area (Å²) in [4.78, 5) is 11.1. The summed E-state index contributed by atoms with van der Waals surface area (Å²) in [6, 6.07) is 6.02. The van der Waals surface area contributed by atoms with Gasteiger partial charge in [0.15, 0.2) is 5.78 Å². The van der Waals surface area contributed by atoms with Crippen LogP contribution in [0, 0.1) is 0 Å². The number of anilines is 1. The Bertz CT molecular complexity index is 362. The fraction of sp³-hybridized carbons (Fsp3) is 0.300. The zero-order chi connectivity index (χ0) is 9.42. The Hall–Kier alpha value is -0.830. The van der Waals surface area contributed by atoms with Crippen molar-refractivity contribution >= 4 is 27.4 Å². The number of nitrogens with one attached hydrogen (secondary N) is 1. The molecule has 0 saturated carbocycles. The summed E-state index contributed by atoms with van der Waals surface area (Å²) in [6.45, 7) is 1.62. The average Bonchev–Trinajstić information content (AvgIpc) is 2.46. The molecule has 0 radical (unpaired) electrons. The van der Waals surface area contributed by atoms with Gasteiger partial charge in [-0.1, -0.05) is 15.9 Å². The molecular formula is C10H10BrNO. The van der Waals surface area contributed by atoms with Gasteiger partial charge in [0, 0.05) is 16.6 Å². The lowest BCUT2D eigenvalue weighted by molar-refractivity contribution is -0.117. The highest BCUT2D eigenvalue weighted by Crippen LogP contribution is 2.28. The van der Waals surface area contributed by atoms with Gasteiger partial charge in [-0.05, 0) is 30.7 Å². The summed E-state index contributed by atoms with van der Waals surface area (Å²) in [6.07, 6.45) is 0.810. The third-order valence-corrected chi connectivity index (χ3v) is 2.81. The normalized spacial score (nSPS) is 19.4. The molecule has 2 rings (SSSR count). The number of hydrogen-bond donors (Lipinski definition) is 1. The highest BCUT2D eigenvalue weighted by molar-refractivity contribution is 9.10. The van der Waals surface area contributed by atoms with E-state index in [2.05, 4.69) is 27.3 Å². The van der Waals surface area contributed by atoms with Gasteiger partial charge < -0.3 is 5.32 Å². The highest BCUT2D eigenvalue weighted by atomic mass is 79.9. The van der Waals surface area contributed by atoms with E-state index in [1.807, 2.05) is 12.1 Å². The van der Waals surface area contributed by atoms with Gasteiger partial charge in [-0.25, -0.2) is 0 Å². The minimum atomic E-state index is -0.0238. The van der Waals surface area contributed by atoms with Gasteiger partial charge in [-0.15, -0.1) is 0 Å². The number of carbonyl (C=O) groups is 1. The molecule has 0 aliphatic carbocycles. The van der Waals surface area contributed by atoms with Gasteiger partial charge in [-0.3, -0.25) is 4.79 Å². The van der Waals surface area contributed by atoms with E-state index in [0.717, 1.165) is 16.6 Å². The van der Waals surface area contributed by atoms with Crippen molar-refractivity contribution in [3.8, 4) is 0 Å². The molecule has 68 valence electrons. The largest absolute Gasteiger partial charge is 0.375 e. The monoisotopic (exact) mass is 239 g/mol. The Balaban J connectivity index is 2.30. The van der Waals surface area contributed by atoms with Crippen LogP contribution in [0.15, 0.2) is 22.7 Å². The van der Waals surface area contributed by atoms with Crippen LogP contribution in [0.25, 0.3) is 0 Å². The van der Waals surface area contributed by atoms with Gasteiger partial charge in [-0.2, -0.15) is 0 Å². The maximum atomic E-state index is 11.1. The van der Waals surface area contributed by atoms with Crippen LogP contribution >= 0.6 is 15.9 Å². The van der Waals surface area contributed by atoms with E-state index in [9.17, 15) is 4.79 Å². The Morgan fingerprint density at radius 1 is 1.62 bits per heavy atom. The Kier molecular flexibility index (Phi) is 2.12. The number of benzene rings is 1. The SMILES string of the molecule is CC(=O)C1Cc2cc(Br)ccc2N1. The molecule has 2 nitrogen and oxygen atoms in total. The van der Waals surface area contributed by atoms with Crippen LogP contribution in [0.2, 0.25) is 0 Å². The number of fused-ring (bicyclic) bond motifs is 1.